The average Bonchev–Trinajstić information content (AvgIpc) is 4.05. The van der Waals surface area contributed by atoms with Crippen molar-refractivity contribution < 1.29 is 29.1 Å². The van der Waals surface area contributed by atoms with E-state index >= 15 is 0 Å². The molecule has 0 unspecified atom stereocenters. The van der Waals surface area contributed by atoms with E-state index in [0.29, 0.717) is 47.0 Å². The number of aromatic hydroxyl groups is 1. The number of piperidine rings is 1. The number of aliphatic hydroxyl groups excluding tert-OH is 1. The zero-order valence-corrected chi connectivity index (χ0v) is 36.3. The first-order valence-corrected chi connectivity index (χ1v) is 22.4. The summed E-state index contributed by atoms with van der Waals surface area (Å²) < 4.78 is 11.7. The molecular weight excluding hydrogens is 822 g/mol. The maximum atomic E-state index is 14.2. The van der Waals surface area contributed by atoms with Crippen LogP contribution in [0.4, 0.5) is 0 Å². The van der Waals surface area contributed by atoms with Gasteiger partial charge < -0.3 is 29.7 Å². The van der Waals surface area contributed by atoms with Gasteiger partial charge in [0.2, 0.25) is 11.8 Å². The second-order valence-corrected chi connectivity index (χ2v) is 18.3. The Bertz CT molecular complexity index is 2460. The molecule has 6 heterocycles. The fourth-order valence-electron chi connectivity index (χ4n) is 8.28. The molecule has 314 valence electrons. The number of carbonyl (C=O) groups is 2. The minimum absolute atomic E-state index is 0.0510. The monoisotopic (exact) mass is 869 g/mol. The summed E-state index contributed by atoms with van der Waals surface area (Å²) in [6, 6.07) is 17.5. The standard InChI is InChI=1S/C44H48ClN7O6S2/c1-24(2)38(44(56)52-22-30(53)19-34(52)42(55)47-25(3)27-9-11-28(12-10-27)40-26(4)46-23-59-40)36-21-37(50-58-36)57-18-17-51-15-13-29(14-16-51)41-39(45)32-20-33(48-49-43(32)60-41)31-7-5-6-8-35(31)54/h5-12,20-21,23-25,29-30,34,38,53-54H,13-19,22H2,1-4H3,(H,47,55)/t25-,30+,34-,38+/m0/s1. The molecule has 3 N–H and O–H groups in total. The molecule has 0 aliphatic carbocycles. The van der Waals surface area contributed by atoms with Crippen molar-refractivity contribution in [2.24, 2.45) is 5.92 Å². The Morgan fingerprint density at radius 1 is 1.07 bits per heavy atom. The second-order valence-electron chi connectivity index (χ2n) is 16.0. The maximum Gasteiger partial charge on any atom is 0.254 e. The fraction of sp³-hybridized carbons (Fsp3) is 0.409. The van der Waals surface area contributed by atoms with E-state index in [-0.39, 0.29) is 42.5 Å². The van der Waals surface area contributed by atoms with Crippen LogP contribution in [-0.4, -0.2) is 97.1 Å². The number of phenols is 1. The van der Waals surface area contributed by atoms with Gasteiger partial charge in [0.25, 0.3) is 5.88 Å². The Morgan fingerprint density at radius 3 is 2.55 bits per heavy atom. The molecule has 2 aliphatic rings. The molecule has 2 aromatic carbocycles. The number of thiazole rings is 1. The molecule has 13 nitrogen and oxygen atoms in total. The highest BCUT2D eigenvalue weighted by Gasteiger charge is 2.43. The number of para-hydroxylation sites is 1. The van der Waals surface area contributed by atoms with E-state index in [2.05, 4.69) is 30.6 Å². The number of aliphatic hydroxyl groups is 1. The third-order valence-corrected chi connectivity index (χ3v) is 14.4. The number of benzene rings is 2. The number of amides is 2. The number of halogens is 1. The summed E-state index contributed by atoms with van der Waals surface area (Å²) in [5, 5.41) is 38.5. The van der Waals surface area contributed by atoms with Crippen LogP contribution in [0.2, 0.25) is 5.02 Å². The molecule has 60 heavy (non-hydrogen) atoms. The molecule has 0 bridgehead atoms. The molecule has 2 aliphatic heterocycles. The van der Waals surface area contributed by atoms with Gasteiger partial charge in [-0.2, -0.15) is 0 Å². The number of thiophene rings is 1. The van der Waals surface area contributed by atoms with Crippen LogP contribution >= 0.6 is 34.3 Å². The molecule has 4 atom stereocenters. The van der Waals surface area contributed by atoms with Crippen molar-refractivity contribution in [2.75, 3.05) is 32.8 Å². The first-order valence-electron chi connectivity index (χ1n) is 20.3. The van der Waals surface area contributed by atoms with Crippen molar-refractivity contribution in [1.82, 2.24) is 35.5 Å². The predicted molar refractivity (Wildman–Crippen MR) is 232 cm³/mol. The number of aryl methyl sites for hydroxylation is 1. The number of carbonyl (C=O) groups excluding carboxylic acids is 2. The number of nitrogens with one attached hydrogen (secondary N) is 1. The van der Waals surface area contributed by atoms with E-state index in [4.69, 9.17) is 20.9 Å². The van der Waals surface area contributed by atoms with Crippen LogP contribution in [-0.2, 0) is 9.59 Å². The summed E-state index contributed by atoms with van der Waals surface area (Å²) in [5.41, 5.74) is 6.00. The van der Waals surface area contributed by atoms with Crippen LogP contribution in [0.5, 0.6) is 11.6 Å². The first kappa shape index (κ1) is 41.8. The summed E-state index contributed by atoms with van der Waals surface area (Å²) in [5.74, 6) is -0.424. The predicted octanol–water partition coefficient (Wildman–Crippen LogP) is 7.97. The molecule has 2 saturated heterocycles. The van der Waals surface area contributed by atoms with Crippen LogP contribution in [0.1, 0.15) is 79.8 Å². The number of nitrogens with zero attached hydrogens (tertiary/aromatic N) is 6. The Labute approximate surface area is 361 Å². The van der Waals surface area contributed by atoms with Crippen LogP contribution in [0.15, 0.2) is 70.7 Å². The van der Waals surface area contributed by atoms with Crippen LogP contribution in [0.25, 0.3) is 31.9 Å². The van der Waals surface area contributed by atoms with Gasteiger partial charge in [-0.3, -0.25) is 14.5 Å². The molecule has 0 saturated carbocycles. The van der Waals surface area contributed by atoms with Gasteiger partial charge in [0.15, 0.2) is 5.76 Å². The number of rotatable bonds is 13. The Kier molecular flexibility index (Phi) is 12.5. The van der Waals surface area contributed by atoms with E-state index in [9.17, 15) is 19.8 Å². The normalized spacial score (nSPS) is 18.6. The lowest BCUT2D eigenvalue weighted by Gasteiger charge is -2.31. The van der Waals surface area contributed by atoms with Gasteiger partial charge in [-0.1, -0.05) is 61.8 Å². The average molecular weight is 870 g/mol. The van der Waals surface area contributed by atoms with E-state index in [1.807, 2.05) is 75.7 Å². The summed E-state index contributed by atoms with van der Waals surface area (Å²) in [7, 11) is 0. The van der Waals surface area contributed by atoms with Crippen molar-refractivity contribution in [3.8, 4) is 33.3 Å². The van der Waals surface area contributed by atoms with E-state index in [0.717, 1.165) is 62.7 Å². The number of phenolic OH excluding ortho intramolecular Hbond substituents is 1. The van der Waals surface area contributed by atoms with Crippen LogP contribution in [0.3, 0.4) is 0 Å². The van der Waals surface area contributed by atoms with Crippen molar-refractivity contribution in [1.29, 1.82) is 0 Å². The summed E-state index contributed by atoms with van der Waals surface area (Å²) in [4.78, 5) is 39.0. The Hall–Kier alpha value is -4.93. The first-order chi connectivity index (χ1) is 28.9. The smallest absolute Gasteiger partial charge is 0.254 e. The number of aromatic nitrogens is 4. The number of hydrogen-bond donors (Lipinski definition) is 3. The molecule has 6 aromatic rings. The minimum Gasteiger partial charge on any atom is -0.507 e. The number of hydrogen-bond acceptors (Lipinski definition) is 13. The third-order valence-electron chi connectivity index (χ3n) is 11.6. The van der Waals surface area contributed by atoms with Gasteiger partial charge in [-0.25, -0.2) is 4.98 Å². The zero-order chi connectivity index (χ0) is 42.1. The van der Waals surface area contributed by atoms with Crippen molar-refractivity contribution in [3.05, 3.63) is 93.1 Å². The summed E-state index contributed by atoms with van der Waals surface area (Å²) in [6.07, 6.45) is 1.19. The molecule has 16 heteroatoms. The molecule has 2 amide bonds. The maximum absolute atomic E-state index is 14.2. The fourth-order valence-corrected chi connectivity index (χ4v) is 10.7. The Morgan fingerprint density at radius 2 is 1.83 bits per heavy atom. The van der Waals surface area contributed by atoms with Crippen molar-refractivity contribution in [2.45, 2.75) is 77.0 Å². The lowest BCUT2D eigenvalue weighted by Crippen LogP contribution is -2.48. The number of likely N-dealkylation sites (tertiary alicyclic amines) is 2. The molecule has 2 fully saturated rings. The molecule has 0 spiro atoms. The van der Waals surface area contributed by atoms with Gasteiger partial charge in [0.05, 0.1) is 38.9 Å². The minimum atomic E-state index is -0.829. The van der Waals surface area contributed by atoms with Gasteiger partial charge in [0.1, 0.15) is 29.1 Å². The van der Waals surface area contributed by atoms with Crippen molar-refractivity contribution >= 4 is 56.3 Å². The molecular formula is C44H48ClN7O6S2. The van der Waals surface area contributed by atoms with Gasteiger partial charge in [-0.15, -0.1) is 32.9 Å². The molecule has 0 radical (unpaired) electrons. The lowest BCUT2D eigenvalue weighted by atomic mass is 9.91. The number of ether oxygens (including phenoxy) is 1. The van der Waals surface area contributed by atoms with Gasteiger partial charge in [0, 0.05) is 41.4 Å². The third kappa shape index (κ3) is 8.77. The Balaban J connectivity index is 0.839. The largest absolute Gasteiger partial charge is 0.507 e. The van der Waals surface area contributed by atoms with E-state index in [1.165, 1.54) is 4.90 Å². The second kappa shape index (κ2) is 18.0. The highest BCUT2D eigenvalue weighted by molar-refractivity contribution is 7.19. The zero-order valence-electron chi connectivity index (χ0n) is 33.9. The molecule has 4 aromatic heterocycles. The highest BCUT2D eigenvalue weighted by atomic mass is 35.5. The highest BCUT2D eigenvalue weighted by Crippen LogP contribution is 2.43. The lowest BCUT2D eigenvalue weighted by molar-refractivity contribution is -0.141. The SMILES string of the molecule is Cc1ncsc1-c1ccc([C@H](C)NC(=O)[C@@H]2C[C@@H](O)CN2C(=O)[C@@H](c2cc(OCCN3CCC(c4sc5nnc(-c6ccccc6O)cc5c4Cl)CC3)no2)C(C)C)cc1. The van der Waals surface area contributed by atoms with E-state index in [1.54, 1.807) is 40.9 Å². The van der Waals surface area contributed by atoms with Crippen LogP contribution in [0, 0.1) is 12.8 Å². The van der Waals surface area contributed by atoms with Crippen molar-refractivity contribution in [3.63, 3.8) is 0 Å². The van der Waals surface area contributed by atoms with Gasteiger partial charge in [-0.05, 0) is 86.1 Å². The molecule has 8 rings (SSSR count). The summed E-state index contributed by atoms with van der Waals surface area (Å²) >= 11 is 10.1. The number of β-amino-alcohol motifs (C(OH)–C–C–N with tert-alkyl or cyclic N) is 1. The number of fused-ring (bicyclic) bond motifs is 1. The quantitative estimate of drug-likeness (QED) is 0.103. The summed E-state index contributed by atoms with van der Waals surface area (Å²) in [6.45, 7) is 10.6. The van der Waals surface area contributed by atoms with Gasteiger partial charge >= 0.3 is 0 Å². The topological polar surface area (TPSA) is 167 Å². The van der Waals surface area contributed by atoms with Crippen LogP contribution < -0.4 is 10.1 Å². The van der Waals surface area contributed by atoms with E-state index < -0.39 is 18.1 Å².